The fourth-order valence-electron chi connectivity index (χ4n) is 3.76. The molecule has 2 aromatic rings. The first kappa shape index (κ1) is 25.5. The maximum absolute atomic E-state index is 11.4. The molecule has 1 aliphatic heterocycles. The zero-order valence-corrected chi connectivity index (χ0v) is 21.3. The molecule has 3 rings (SSSR count). The first-order chi connectivity index (χ1) is 16.1. The lowest BCUT2D eigenvalue weighted by atomic mass is 10.0. The van der Waals surface area contributed by atoms with Crippen molar-refractivity contribution in [1.82, 2.24) is 9.97 Å². The van der Waals surface area contributed by atoms with Crippen molar-refractivity contribution in [3.8, 4) is 17.6 Å². The van der Waals surface area contributed by atoms with E-state index in [1.807, 2.05) is 42.6 Å². The van der Waals surface area contributed by atoms with Crippen LogP contribution < -0.4 is 4.74 Å². The minimum absolute atomic E-state index is 0.0313. The van der Waals surface area contributed by atoms with Crippen LogP contribution in [0, 0.1) is 11.8 Å². The molecule has 5 nitrogen and oxygen atoms in total. The number of aromatic nitrogens is 2. The summed E-state index contributed by atoms with van der Waals surface area (Å²) in [7, 11) is 0. The maximum atomic E-state index is 11.4. The Morgan fingerprint density at radius 1 is 1.12 bits per heavy atom. The average molecular weight is 485 g/mol. The van der Waals surface area contributed by atoms with Crippen LogP contribution in [0.2, 0.25) is 0 Å². The monoisotopic (exact) mass is 484 g/mol. The Bertz CT molecular complexity index is 977. The minimum Gasteiger partial charge on any atom is -0.493 e. The van der Waals surface area contributed by atoms with Gasteiger partial charge in [-0.05, 0) is 61.8 Å². The molecule has 0 fully saturated rings. The van der Waals surface area contributed by atoms with Crippen LogP contribution in [0.25, 0.3) is 0 Å². The molecule has 0 amide bonds. The van der Waals surface area contributed by atoms with Gasteiger partial charge in [-0.2, -0.15) is 0 Å². The molecule has 0 N–H and O–H groups in total. The van der Waals surface area contributed by atoms with Crippen LogP contribution in [0.3, 0.4) is 0 Å². The second kappa shape index (κ2) is 12.9. The summed E-state index contributed by atoms with van der Waals surface area (Å²) in [4.78, 5) is 20.3. The second-order valence-corrected chi connectivity index (χ2v) is 11.0. The SMILES string of the molecule is CCOC(=O)CCCCc1cnc(C#Cc2ccc3c(c2)C(SCC)(SCC)CCO3)cn1. The number of nitrogens with zero attached hydrogens (tertiary/aromatic N) is 2. The number of carbonyl (C=O) groups is 1. The standard InChI is InChI=1S/C26H32N2O3S2/c1-4-30-25(29)10-8-7-9-21-18-28-22(19-27-21)13-11-20-12-14-24-23(17-20)26(32-5-2,33-6-3)15-16-31-24/h12,14,17-19H,4-10,15-16H2,1-3H3. The lowest BCUT2D eigenvalue weighted by Gasteiger charge is -2.37. The van der Waals surface area contributed by atoms with E-state index in [4.69, 9.17) is 9.47 Å². The number of hydrogen-bond acceptors (Lipinski definition) is 7. The van der Waals surface area contributed by atoms with E-state index in [2.05, 4.69) is 41.7 Å². The van der Waals surface area contributed by atoms with Crippen LogP contribution in [0.15, 0.2) is 30.6 Å². The molecular formula is C26H32N2O3S2. The summed E-state index contributed by atoms with van der Waals surface area (Å²) in [6.45, 7) is 7.43. The van der Waals surface area contributed by atoms with E-state index >= 15 is 0 Å². The van der Waals surface area contributed by atoms with Gasteiger partial charge in [0.05, 0.1) is 29.2 Å². The van der Waals surface area contributed by atoms with Crippen LogP contribution in [-0.4, -0.2) is 40.7 Å². The van der Waals surface area contributed by atoms with Gasteiger partial charge in [0.15, 0.2) is 0 Å². The maximum Gasteiger partial charge on any atom is 0.305 e. The van der Waals surface area contributed by atoms with E-state index in [0.717, 1.165) is 60.8 Å². The van der Waals surface area contributed by atoms with E-state index in [9.17, 15) is 4.79 Å². The van der Waals surface area contributed by atoms with E-state index in [0.29, 0.717) is 18.7 Å². The van der Waals surface area contributed by atoms with Crippen molar-refractivity contribution < 1.29 is 14.3 Å². The van der Waals surface area contributed by atoms with Crippen LogP contribution in [0.1, 0.15) is 69.0 Å². The van der Waals surface area contributed by atoms with Gasteiger partial charge in [0, 0.05) is 30.2 Å². The lowest BCUT2D eigenvalue weighted by molar-refractivity contribution is -0.143. The quantitative estimate of drug-likeness (QED) is 0.188. The van der Waals surface area contributed by atoms with Gasteiger partial charge in [-0.15, -0.1) is 23.5 Å². The summed E-state index contributed by atoms with van der Waals surface area (Å²) in [6.07, 6.45) is 7.40. The van der Waals surface area contributed by atoms with Crippen LogP contribution in [0.4, 0.5) is 0 Å². The van der Waals surface area contributed by atoms with Gasteiger partial charge < -0.3 is 9.47 Å². The lowest BCUT2D eigenvalue weighted by Crippen LogP contribution is -2.27. The van der Waals surface area contributed by atoms with Crippen molar-refractivity contribution >= 4 is 29.5 Å². The fraction of sp³-hybridized carbons (Fsp3) is 0.500. The number of ether oxygens (including phenoxy) is 2. The second-order valence-electron chi connectivity index (χ2n) is 7.58. The van der Waals surface area contributed by atoms with E-state index in [-0.39, 0.29) is 10.0 Å². The number of carbonyl (C=O) groups excluding carboxylic acids is 1. The highest BCUT2D eigenvalue weighted by molar-refractivity contribution is 8.17. The molecule has 0 bridgehead atoms. The van der Waals surface area contributed by atoms with Crippen molar-refractivity contribution in [2.24, 2.45) is 0 Å². The number of rotatable bonds is 10. The van der Waals surface area contributed by atoms with E-state index in [1.54, 1.807) is 12.4 Å². The number of benzene rings is 1. The molecule has 1 aromatic heterocycles. The Labute approximate surface area is 205 Å². The summed E-state index contributed by atoms with van der Waals surface area (Å²) in [5.74, 6) is 9.36. The summed E-state index contributed by atoms with van der Waals surface area (Å²) in [5, 5.41) is 0. The Hall–Kier alpha value is -2.17. The highest BCUT2D eigenvalue weighted by Crippen LogP contribution is 2.54. The predicted molar refractivity (Wildman–Crippen MR) is 137 cm³/mol. The Kier molecular flexibility index (Phi) is 9.95. The van der Waals surface area contributed by atoms with Crippen LogP contribution >= 0.6 is 23.5 Å². The van der Waals surface area contributed by atoms with Crippen LogP contribution in [-0.2, 0) is 20.0 Å². The van der Waals surface area contributed by atoms with E-state index < -0.39 is 0 Å². The summed E-state index contributed by atoms with van der Waals surface area (Å²) in [5.41, 5.74) is 3.76. The largest absolute Gasteiger partial charge is 0.493 e. The first-order valence-corrected chi connectivity index (χ1v) is 13.6. The fourth-order valence-corrected chi connectivity index (χ4v) is 6.82. The third kappa shape index (κ3) is 7.15. The molecule has 33 heavy (non-hydrogen) atoms. The van der Waals surface area contributed by atoms with Crippen LogP contribution in [0.5, 0.6) is 5.75 Å². The molecule has 0 radical (unpaired) electrons. The number of unbranched alkanes of at least 4 members (excludes halogenated alkanes) is 1. The van der Waals surface area contributed by atoms with Crippen molar-refractivity contribution in [1.29, 1.82) is 0 Å². The van der Waals surface area contributed by atoms with E-state index in [1.165, 1.54) is 5.56 Å². The number of fused-ring (bicyclic) bond motifs is 1. The van der Waals surface area contributed by atoms with Gasteiger partial charge in [-0.3, -0.25) is 9.78 Å². The summed E-state index contributed by atoms with van der Waals surface area (Å²) in [6, 6.07) is 6.24. The molecule has 0 saturated heterocycles. The Morgan fingerprint density at radius 2 is 1.94 bits per heavy atom. The van der Waals surface area contributed by atoms with Crippen molar-refractivity contribution in [2.45, 2.75) is 57.0 Å². The number of esters is 1. The number of aryl methyl sites for hydroxylation is 1. The zero-order chi connectivity index (χ0) is 23.5. The molecular weight excluding hydrogens is 452 g/mol. The third-order valence-electron chi connectivity index (χ3n) is 5.24. The minimum atomic E-state index is -0.137. The highest BCUT2D eigenvalue weighted by Gasteiger charge is 2.38. The highest BCUT2D eigenvalue weighted by atomic mass is 32.2. The normalized spacial score (nSPS) is 13.9. The first-order valence-electron chi connectivity index (χ1n) is 11.6. The smallest absolute Gasteiger partial charge is 0.305 e. The number of thioether (sulfide) groups is 2. The molecule has 0 unspecified atom stereocenters. The van der Waals surface area contributed by atoms with Crippen molar-refractivity contribution in [2.75, 3.05) is 24.7 Å². The van der Waals surface area contributed by atoms with Crippen molar-refractivity contribution in [3.05, 3.63) is 53.1 Å². The van der Waals surface area contributed by atoms with Gasteiger partial charge in [0.25, 0.3) is 0 Å². The van der Waals surface area contributed by atoms with Gasteiger partial charge in [-0.1, -0.05) is 19.8 Å². The molecule has 1 aliphatic rings. The zero-order valence-electron chi connectivity index (χ0n) is 19.7. The van der Waals surface area contributed by atoms with Gasteiger partial charge >= 0.3 is 5.97 Å². The average Bonchev–Trinajstić information content (AvgIpc) is 2.82. The Morgan fingerprint density at radius 3 is 2.64 bits per heavy atom. The molecule has 0 spiro atoms. The molecule has 0 aliphatic carbocycles. The van der Waals surface area contributed by atoms with Gasteiger partial charge in [0.2, 0.25) is 0 Å². The van der Waals surface area contributed by atoms with Gasteiger partial charge in [0.1, 0.15) is 11.4 Å². The molecule has 1 aromatic carbocycles. The van der Waals surface area contributed by atoms with Gasteiger partial charge in [-0.25, -0.2) is 4.98 Å². The molecule has 176 valence electrons. The molecule has 0 saturated carbocycles. The topological polar surface area (TPSA) is 61.3 Å². The van der Waals surface area contributed by atoms with Crippen molar-refractivity contribution in [3.63, 3.8) is 0 Å². The molecule has 0 atom stereocenters. The summed E-state index contributed by atoms with van der Waals surface area (Å²) >= 11 is 3.98. The predicted octanol–water partition coefficient (Wildman–Crippen LogP) is 5.59. The molecule has 7 heteroatoms. The summed E-state index contributed by atoms with van der Waals surface area (Å²) < 4.78 is 10.9. The molecule has 2 heterocycles. The number of hydrogen-bond donors (Lipinski definition) is 0. The Balaban J connectivity index is 1.65. The third-order valence-corrected chi connectivity index (χ3v) is 8.31.